The second-order valence-corrected chi connectivity index (χ2v) is 4.70. The van der Waals surface area contributed by atoms with Crippen LogP contribution < -0.4 is 4.90 Å². The standard InChI is InChI=1S/C16H18N2O3/c1-18(2)13-7-5-11(6-8-13)17-12-9-14(20-3)16(19)15(10-12)21-4/h5-10H,1-4H3. The lowest BCUT2D eigenvalue weighted by molar-refractivity contribution is -0.117. The molecule has 21 heavy (non-hydrogen) atoms. The molecule has 0 unspecified atom stereocenters. The second kappa shape index (κ2) is 6.26. The Hall–Kier alpha value is -2.56. The summed E-state index contributed by atoms with van der Waals surface area (Å²) in [5.74, 6) is 0.165. The van der Waals surface area contributed by atoms with Gasteiger partial charge in [-0.25, -0.2) is 4.99 Å². The summed E-state index contributed by atoms with van der Waals surface area (Å²) in [6, 6.07) is 7.79. The normalized spacial score (nSPS) is 14.3. The number of nitrogens with zero attached hydrogens (tertiary/aromatic N) is 2. The number of aliphatic imine (C=N–C) groups is 1. The van der Waals surface area contributed by atoms with Crippen LogP contribution in [0.2, 0.25) is 0 Å². The van der Waals surface area contributed by atoms with Crippen molar-refractivity contribution in [3.63, 3.8) is 0 Å². The van der Waals surface area contributed by atoms with E-state index in [0.717, 1.165) is 11.4 Å². The zero-order chi connectivity index (χ0) is 15.4. The van der Waals surface area contributed by atoms with Crippen LogP contribution in [-0.2, 0) is 14.3 Å². The lowest BCUT2D eigenvalue weighted by atomic mass is 10.1. The van der Waals surface area contributed by atoms with Gasteiger partial charge in [0, 0.05) is 31.9 Å². The highest BCUT2D eigenvalue weighted by molar-refractivity contribution is 6.20. The number of hydrogen-bond acceptors (Lipinski definition) is 5. The van der Waals surface area contributed by atoms with E-state index in [4.69, 9.17) is 9.47 Å². The summed E-state index contributed by atoms with van der Waals surface area (Å²) in [7, 11) is 6.86. The Balaban J connectivity index is 2.33. The highest BCUT2D eigenvalue weighted by Crippen LogP contribution is 2.21. The van der Waals surface area contributed by atoms with Gasteiger partial charge in [0.25, 0.3) is 5.78 Å². The van der Waals surface area contributed by atoms with Crippen LogP contribution in [0, 0.1) is 0 Å². The van der Waals surface area contributed by atoms with Gasteiger partial charge in [0.05, 0.1) is 25.6 Å². The van der Waals surface area contributed by atoms with Crippen LogP contribution in [0.15, 0.2) is 52.9 Å². The zero-order valence-corrected chi connectivity index (χ0v) is 12.6. The predicted octanol–water partition coefficient (Wildman–Crippen LogP) is 2.47. The van der Waals surface area contributed by atoms with E-state index in [1.807, 2.05) is 43.3 Å². The number of allylic oxidation sites excluding steroid dienone is 2. The SMILES string of the molecule is COC1=CC(=Nc2ccc(N(C)C)cc2)C=C(OC)C1=O. The summed E-state index contributed by atoms with van der Waals surface area (Å²) >= 11 is 0. The van der Waals surface area contributed by atoms with Gasteiger partial charge in [0.1, 0.15) is 0 Å². The van der Waals surface area contributed by atoms with Crippen molar-refractivity contribution >= 4 is 22.9 Å². The molecule has 0 aromatic heterocycles. The van der Waals surface area contributed by atoms with E-state index in [-0.39, 0.29) is 17.3 Å². The van der Waals surface area contributed by atoms with Crippen LogP contribution in [0.1, 0.15) is 0 Å². The highest BCUT2D eigenvalue weighted by Gasteiger charge is 2.22. The molecular weight excluding hydrogens is 268 g/mol. The van der Waals surface area contributed by atoms with E-state index in [1.54, 1.807) is 12.2 Å². The summed E-state index contributed by atoms with van der Waals surface area (Å²) < 4.78 is 10.1. The number of methoxy groups -OCH3 is 2. The first-order valence-corrected chi connectivity index (χ1v) is 6.47. The van der Waals surface area contributed by atoms with Crippen LogP contribution >= 0.6 is 0 Å². The van der Waals surface area contributed by atoms with E-state index in [0.29, 0.717) is 5.71 Å². The van der Waals surface area contributed by atoms with Gasteiger partial charge < -0.3 is 14.4 Å². The number of Topliss-reactive ketones (excluding diaryl/α,β-unsaturated/α-hetero) is 1. The molecule has 1 aliphatic carbocycles. The van der Waals surface area contributed by atoms with Crippen LogP contribution in [0.4, 0.5) is 11.4 Å². The number of anilines is 1. The Morgan fingerprint density at radius 1 is 0.952 bits per heavy atom. The van der Waals surface area contributed by atoms with Crippen molar-refractivity contribution in [2.45, 2.75) is 0 Å². The quantitative estimate of drug-likeness (QED) is 0.798. The molecule has 0 atom stereocenters. The second-order valence-electron chi connectivity index (χ2n) is 4.70. The van der Waals surface area contributed by atoms with Gasteiger partial charge in [0.2, 0.25) is 0 Å². The van der Waals surface area contributed by atoms with E-state index in [9.17, 15) is 4.79 Å². The minimum atomic E-state index is -0.276. The largest absolute Gasteiger partial charge is 0.492 e. The first-order valence-electron chi connectivity index (χ1n) is 6.47. The zero-order valence-electron chi connectivity index (χ0n) is 12.6. The molecule has 2 rings (SSSR count). The van der Waals surface area contributed by atoms with E-state index in [1.165, 1.54) is 14.2 Å². The van der Waals surface area contributed by atoms with Crippen molar-refractivity contribution in [1.29, 1.82) is 0 Å². The van der Waals surface area contributed by atoms with Crippen LogP contribution in [0.3, 0.4) is 0 Å². The number of rotatable bonds is 4. The minimum Gasteiger partial charge on any atom is -0.492 e. The Labute approximate surface area is 124 Å². The van der Waals surface area contributed by atoms with E-state index >= 15 is 0 Å². The number of benzene rings is 1. The Bertz CT molecular complexity index is 599. The summed E-state index contributed by atoms with van der Waals surface area (Å²) in [6.45, 7) is 0. The van der Waals surface area contributed by atoms with Gasteiger partial charge in [-0.05, 0) is 24.3 Å². The molecule has 0 bridgehead atoms. The molecular formula is C16H18N2O3. The van der Waals surface area contributed by atoms with Gasteiger partial charge >= 0.3 is 0 Å². The van der Waals surface area contributed by atoms with Crippen LogP contribution in [0.25, 0.3) is 0 Å². The van der Waals surface area contributed by atoms with Crippen molar-refractivity contribution in [1.82, 2.24) is 0 Å². The van der Waals surface area contributed by atoms with Gasteiger partial charge in [0.15, 0.2) is 11.5 Å². The molecule has 1 aromatic rings. The molecule has 0 heterocycles. The lowest BCUT2D eigenvalue weighted by Crippen LogP contribution is -2.16. The molecule has 110 valence electrons. The van der Waals surface area contributed by atoms with Crippen molar-refractivity contribution in [3.8, 4) is 0 Å². The van der Waals surface area contributed by atoms with Crippen molar-refractivity contribution in [2.24, 2.45) is 4.99 Å². The molecule has 0 amide bonds. The monoisotopic (exact) mass is 286 g/mol. The summed E-state index contributed by atoms with van der Waals surface area (Å²) in [5.41, 5.74) is 2.50. The topological polar surface area (TPSA) is 51.1 Å². The molecule has 5 heteroatoms. The fourth-order valence-electron chi connectivity index (χ4n) is 1.90. The fourth-order valence-corrected chi connectivity index (χ4v) is 1.90. The maximum atomic E-state index is 11.9. The number of ether oxygens (including phenoxy) is 2. The molecule has 1 aliphatic rings. The molecule has 0 fully saturated rings. The molecule has 0 saturated carbocycles. The van der Waals surface area contributed by atoms with Crippen molar-refractivity contribution in [3.05, 3.63) is 47.9 Å². The summed E-state index contributed by atoms with van der Waals surface area (Å²) in [5, 5.41) is 0. The Morgan fingerprint density at radius 3 is 1.90 bits per heavy atom. The Kier molecular flexibility index (Phi) is 4.42. The molecule has 0 aliphatic heterocycles. The van der Waals surface area contributed by atoms with E-state index in [2.05, 4.69) is 4.99 Å². The minimum absolute atomic E-state index is 0.220. The molecule has 0 N–H and O–H groups in total. The lowest BCUT2D eigenvalue weighted by Gasteiger charge is -2.13. The number of carbonyl (C=O) groups is 1. The third-order valence-electron chi connectivity index (χ3n) is 3.07. The van der Waals surface area contributed by atoms with Gasteiger partial charge in [-0.3, -0.25) is 4.79 Å². The maximum Gasteiger partial charge on any atom is 0.262 e. The number of ketones is 1. The molecule has 5 nitrogen and oxygen atoms in total. The first kappa shape index (κ1) is 14.8. The van der Waals surface area contributed by atoms with Crippen LogP contribution in [-0.4, -0.2) is 39.8 Å². The Morgan fingerprint density at radius 2 is 1.48 bits per heavy atom. The average Bonchev–Trinajstić information content (AvgIpc) is 2.49. The molecule has 0 radical (unpaired) electrons. The molecule has 0 saturated heterocycles. The van der Waals surface area contributed by atoms with Crippen molar-refractivity contribution < 1.29 is 14.3 Å². The van der Waals surface area contributed by atoms with Gasteiger partial charge in [-0.15, -0.1) is 0 Å². The number of hydrogen-bond donors (Lipinski definition) is 0. The smallest absolute Gasteiger partial charge is 0.262 e. The van der Waals surface area contributed by atoms with Crippen molar-refractivity contribution in [2.75, 3.05) is 33.2 Å². The number of carbonyl (C=O) groups excluding carboxylic acids is 1. The average molecular weight is 286 g/mol. The molecule has 0 spiro atoms. The fraction of sp³-hybridized carbons (Fsp3) is 0.250. The third-order valence-corrected chi connectivity index (χ3v) is 3.07. The highest BCUT2D eigenvalue weighted by atomic mass is 16.5. The summed E-state index contributed by atoms with van der Waals surface area (Å²) in [6.07, 6.45) is 3.20. The molecule has 1 aromatic carbocycles. The predicted molar refractivity (Wildman–Crippen MR) is 83.1 cm³/mol. The van der Waals surface area contributed by atoms with Crippen LogP contribution in [0.5, 0.6) is 0 Å². The van der Waals surface area contributed by atoms with Gasteiger partial charge in [-0.2, -0.15) is 0 Å². The maximum absolute atomic E-state index is 11.9. The van der Waals surface area contributed by atoms with E-state index < -0.39 is 0 Å². The first-order chi connectivity index (χ1) is 10.0. The summed E-state index contributed by atoms with van der Waals surface area (Å²) in [4.78, 5) is 18.4. The van der Waals surface area contributed by atoms with Gasteiger partial charge in [-0.1, -0.05) is 0 Å². The third kappa shape index (κ3) is 3.31.